The zero-order valence-electron chi connectivity index (χ0n) is 11.9. The molecule has 0 bridgehead atoms. The van der Waals surface area contributed by atoms with E-state index >= 15 is 0 Å². The van der Waals surface area contributed by atoms with Gasteiger partial charge < -0.3 is 4.42 Å². The van der Waals surface area contributed by atoms with Gasteiger partial charge in [0.05, 0.1) is 11.9 Å². The number of oxazole rings is 1. The predicted octanol–water partition coefficient (Wildman–Crippen LogP) is 3.17. The van der Waals surface area contributed by atoms with Gasteiger partial charge in [0.25, 0.3) is 0 Å². The highest BCUT2D eigenvalue weighted by Gasteiger charge is 2.26. The Kier molecular flexibility index (Phi) is 2.84. The van der Waals surface area contributed by atoms with Crippen molar-refractivity contribution in [1.29, 1.82) is 0 Å². The van der Waals surface area contributed by atoms with Crippen molar-refractivity contribution in [2.24, 2.45) is 0 Å². The van der Waals surface area contributed by atoms with Gasteiger partial charge in [-0.25, -0.2) is 9.67 Å². The summed E-state index contributed by atoms with van der Waals surface area (Å²) < 4.78 is 7.63. The molecular weight excluding hydrogens is 264 g/mol. The number of benzene rings is 1. The molecule has 1 aliphatic carbocycles. The van der Waals surface area contributed by atoms with Crippen LogP contribution in [0.3, 0.4) is 0 Å². The molecule has 0 amide bonds. The lowest BCUT2D eigenvalue weighted by Gasteiger charge is -2.00. The summed E-state index contributed by atoms with van der Waals surface area (Å²) in [6, 6.07) is 8.13. The van der Waals surface area contributed by atoms with E-state index in [2.05, 4.69) is 28.3 Å². The monoisotopic (exact) mass is 280 g/mol. The van der Waals surface area contributed by atoms with E-state index in [1.165, 1.54) is 18.4 Å². The van der Waals surface area contributed by atoms with Crippen molar-refractivity contribution in [1.82, 2.24) is 20.0 Å². The minimum absolute atomic E-state index is 0.519. The number of aryl methyl sites for hydroxylation is 1. The summed E-state index contributed by atoms with van der Waals surface area (Å²) >= 11 is 0. The Morgan fingerprint density at radius 3 is 2.95 bits per heavy atom. The molecule has 21 heavy (non-hydrogen) atoms. The molecule has 0 N–H and O–H groups in total. The largest absolute Gasteiger partial charge is 0.439 e. The van der Waals surface area contributed by atoms with Crippen molar-refractivity contribution in [3.05, 3.63) is 53.8 Å². The summed E-state index contributed by atoms with van der Waals surface area (Å²) in [5.41, 5.74) is 3.34. The van der Waals surface area contributed by atoms with Crippen LogP contribution in [0, 0.1) is 6.92 Å². The standard InChI is InChI=1S/C16H16N4O/c1-11-4-2-3-5-13(11)15-8-17-16(21-15)10-20-9-14(18-19-20)12-6-7-12/h2-5,8-9,12H,6-7,10H2,1H3. The first kappa shape index (κ1) is 12.3. The SMILES string of the molecule is Cc1ccccc1-c1cnc(Cn2cc(C3CC3)nn2)o1. The zero-order chi connectivity index (χ0) is 14.2. The minimum Gasteiger partial charge on any atom is -0.439 e. The first-order chi connectivity index (χ1) is 10.3. The van der Waals surface area contributed by atoms with Crippen molar-refractivity contribution in [3.63, 3.8) is 0 Å². The average Bonchev–Trinajstić information content (AvgIpc) is 3.06. The summed E-state index contributed by atoms with van der Waals surface area (Å²) in [6.07, 6.45) is 6.23. The van der Waals surface area contributed by atoms with Gasteiger partial charge in [-0.3, -0.25) is 0 Å². The van der Waals surface area contributed by atoms with E-state index in [9.17, 15) is 0 Å². The van der Waals surface area contributed by atoms with Crippen molar-refractivity contribution in [2.45, 2.75) is 32.2 Å². The summed E-state index contributed by atoms with van der Waals surface area (Å²) in [6.45, 7) is 2.59. The number of aromatic nitrogens is 4. The van der Waals surface area contributed by atoms with E-state index in [-0.39, 0.29) is 0 Å². The van der Waals surface area contributed by atoms with E-state index < -0.39 is 0 Å². The molecule has 1 saturated carbocycles. The molecule has 0 radical (unpaired) electrons. The minimum atomic E-state index is 0.519. The maximum Gasteiger partial charge on any atom is 0.216 e. The lowest BCUT2D eigenvalue weighted by molar-refractivity contribution is 0.469. The highest BCUT2D eigenvalue weighted by molar-refractivity contribution is 5.60. The molecule has 1 aromatic carbocycles. The Bertz CT molecular complexity index is 770. The third-order valence-corrected chi connectivity index (χ3v) is 3.81. The van der Waals surface area contributed by atoms with Crippen LogP contribution in [0.15, 0.2) is 41.1 Å². The quantitative estimate of drug-likeness (QED) is 0.736. The molecule has 1 fully saturated rings. The van der Waals surface area contributed by atoms with Gasteiger partial charge >= 0.3 is 0 Å². The Morgan fingerprint density at radius 2 is 2.14 bits per heavy atom. The molecule has 5 heteroatoms. The van der Waals surface area contributed by atoms with Crippen molar-refractivity contribution in [2.75, 3.05) is 0 Å². The van der Waals surface area contributed by atoms with Gasteiger partial charge in [0, 0.05) is 17.7 Å². The number of hydrogen-bond donors (Lipinski definition) is 0. The van der Waals surface area contributed by atoms with E-state index in [0.717, 1.165) is 17.0 Å². The maximum absolute atomic E-state index is 5.84. The van der Waals surface area contributed by atoms with Crippen molar-refractivity contribution < 1.29 is 4.42 Å². The molecule has 5 nitrogen and oxygen atoms in total. The molecule has 106 valence electrons. The Labute approximate surface area is 122 Å². The molecule has 1 aliphatic rings. The predicted molar refractivity (Wildman–Crippen MR) is 77.8 cm³/mol. The van der Waals surface area contributed by atoms with E-state index in [0.29, 0.717) is 18.4 Å². The summed E-state index contributed by atoms with van der Waals surface area (Å²) in [5, 5.41) is 8.34. The fourth-order valence-corrected chi connectivity index (χ4v) is 2.45. The summed E-state index contributed by atoms with van der Waals surface area (Å²) in [7, 11) is 0. The molecular formula is C16H16N4O. The Balaban J connectivity index is 1.55. The summed E-state index contributed by atoms with van der Waals surface area (Å²) in [5.74, 6) is 2.07. The van der Waals surface area contributed by atoms with Gasteiger partial charge in [-0.05, 0) is 25.3 Å². The maximum atomic E-state index is 5.84. The van der Waals surface area contributed by atoms with Crippen LogP contribution in [0.1, 0.15) is 35.9 Å². The van der Waals surface area contributed by atoms with Gasteiger partial charge in [-0.15, -0.1) is 5.10 Å². The molecule has 0 aliphatic heterocycles. The second-order valence-electron chi connectivity index (χ2n) is 5.55. The molecule has 2 aromatic heterocycles. The number of nitrogens with zero attached hydrogens (tertiary/aromatic N) is 4. The van der Waals surface area contributed by atoms with E-state index in [1.54, 1.807) is 10.9 Å². The van der Waals surface area contributed by atoms with Gasteiger partial charge in [-0.1, -0.05) is 29.5 Å². The normalized spacial score (nSPS) is 14.5. The first-order valence-electron chi connectivity index (χ1n) is 7.20. The van der Waals surface area contributed by atoms with Crippen molar-refractivity contribution in [3.8, 4) is 11.3 Å². The van der Waals surface area contributed by atoms with Crippen LogP contribution in [0.5, 0.6) is 0 Å². The third kappa shape index (κ3) is 2.46. The molecule has 0 atom stereocenters. The van der Waals surface area contributed by atoms with Gasteiger partial charge in [-0.2, -0.15) is 0 Å². The fraction of sp³-hybridized carbons (Fsp3) is 0.312. The van der Waals surface area contributed by atoms with Crippen LogP contribution in [-0.2, 0) is 6.54 Å². The highest BCUT2D eigenvalue weighted by atomic mass is 16.4. The molecule has 0 unspecified atom stereocenters. The second-order valence-corrected chi connectivity index (χ2v) is 5.55. The lowest BCUT2D eigenvalue weighted by atomic mass is 10.1. The Morgan fingerprint density at radius 1 is 1.29 bits per heavy atom. The third-order valence-electron chi connectivity index (χ3n) is 3.81. The number of hydrogen-bond acceptors (Lipinski definition) is 4. The van der Waals surface area contributed by atoms with Crippen LogP contribution in [0.2, 0.25) is 0 Å². The Hall–Kier alpha value is -2.43. The van der Waals surface area contributed by atoms with Crippen LogP contribution < -0.4 is 0 Å². The molecule has 4 rings (SSSR count). The summed E-state index contributed by atoms with van der Waals surface area (Å²) in [4.78, 5) is 4.34. The molecule has 0 spiro atoms. The van der Waals surface area contributed by atoms with Crippen molar-refractivity contribution >= 4 is 0 Å². The van der Waals surface area contributed by atoms with E-state index in [4.69, 9.17) is 4.42 Å². The van der Waals surface area contributed by atoms with E-state index in [1.807, 2.05) is 24.4 Å². The van der Waals surface area contributed by atoms with Crippen LogP contribution >= 0.6 is 0 Å². The zero-order valence-corrected chi connectivity index (χ0v) is 11.9. The van der Waals surface area contributed by atoms with Gasteiger partial charge in [0.2, 0.25) is 5.89 Å². The number of rotatable bonds is 4. The van der Waals surface area contributed by atoms with Crippen LogP contribution in [-0.4, -0.2) is 20.0 Å². The topological polar surface area (TPSA) is 56.7 Å². The average molecular weight is 280 g/mol. The molecule has 2 heterocycles. The molecule has 3 aromatic rings. The first-order valence-corrected chi connectivity index (χ1v) is 7.20. The van der Waals surface area contributed by atoms with Crippen LogP contribution in [0.4, 0.5) is 0 Å². The smallest absolute Gasteiger partial charge is 0.216 e. The lowest BCUT2D eigenvalue weighted by Crippen LogP contribution is -2.00. The fourth-order valence-electron chi connectivity index (χ4n) is 2.45. The van der Waals surface area contributed by atoms with Gasteiger partial charge in [0.1, 0.15) is 6.54 Å². The molecule has 0 saturated heterocycles. The highest BCUT2D eigenvalue weighted by Crippen LogP contribution is 2.38. The van der Waals surface area contributed by atoms with Crippen LogP contribution in [0.25, 0.3) is 11.3 Å². The second kappa shape index (κ2) is 4.84. The van der Waals surface area contributed by atoms with Gasteiger partial charge in [0.15, 0.2) is 5.76 Å².